The maximum Gasteiger partial charge on any atom is 0.332 e. The first-order valence-corrected chi connectivity index (χ1v) is 8.06. The second kappa shape index (κ2) is 6.74. The molecule has 0 aliphatic carbocycles. The molecule has 2 N–H and O–H groups in total. The molecule has 1 amide bonds. The van der Waals surface area contributed by atoms with E-state index in [1.165, 1.54) is 24.7 Å². The van der Waals surface area contributed by atoms with E-state index in [2.05, 4.69) is 10.3 Å². The van der Waals surface area contributed by atoms with Crippen molar-refractivity contribution in [3.63, 3.8) is 0 Å². The number of amides is 1. The van der Waals surface area contributed by atoms with Crippen LogP contribution in [0.3, 0.4) is 0 Å². The van der Waals surface area contributed by atoms with Gasteiger partial charge in [-0.1, -0.05) is 0 Å². The number of hydrogen-bond donors (Lipinski definition) is 2. The fourth-order valence-corrected chi connectivity index (χ4v) is 2.70. The van der Waals surface area contributed by atoms with Crippen LogP contribution in [0.1, 0.15) is 42.7 Å². The molecule has 9 heteroatoms. The first kappa shape index (κ1) is 19.4. The lowest BCUT2D eigenvalue weighted by Gasteiger charge is -2.25. The number of aryl methyl sites for hydroxylation is 2. The minimum Gasteiger partial charge on any atom is -0.481 e. The number of carbonyl (C=O) groups excluding carboxylic acids is 1. The molecular weight excluding hydrogens is 340 g/mol. The molecule has 0 saturated carbocycles. The average Bonchev–Trinajstić information content (AvgIpc) is 2.55. The van der Waals surface area contributed by atoms with Gasteiger partial charge >= 0.3 is 11.7 Å². The highest BCUT2D eigenvalue weighted by molar-refractivity contribution is 5.95. The first-order valence-electron chi connectivity index (χ1n) is 8.06. The molecular formula is C17H22N4O5. The number of fused-ring (bicyclic) bond motifs is 1. The van der Waals surface area contributed by atoms with Gasteiger partial charge in [-0.2, -0.15) is 0 Å². The summed E-state index contributed by atoms with van der Waals surface area (Å²) in [5.41, 5.74) is -1.04. The zero-order valence-electron chi connectivity index (χ0n) is 15.4. The number of aromatic nitrogens is 3. The van der Waals surface area contributed by atoms with E-state index in [1.54, 1.807) is 20.8 Å². The van der Waals surface area contributed by atoms with Crippen molar-refractivity contribution in [1.82, 2.24) is 19.4 Å². The van der Waals surface area contributed by atoms with Crippen LogP contribution in [-0.2, 0) is 18.9 Å². The molecule has 26 heavy (non-hydrogen) atoms. The Bertz CT molecular complexity index is 1020. The Morgan fingerprint density at radius 3 is 2.42 bits per heavy atom. The molecule has 2 aromatic rings. The van der Waals surface area contributed by atoms with Gasteiger partial charge in [-0.15, -0.1) is 0 Å². The normalized spacial score (nSPS) is 11.6. The summed E-state index contributed by atoms with van der Waals surface area (Å²) in [4.78, 5) is 51.9. The third kappa shape index (κ3) is 3.66. The van der Waals surface area contributed by atoms with Gasteiger partial charge in [-0.25, -0.2) is 9.78 Å². The van der Waals surface area contributed by atoms with Gasteiger partial charge in [-0.3, -0.25) is 23.5 Å². The van der Waals surface area contributed by atoms with E-state index in [4.69, 9.17) is 5.11 Å². The van der Waals surface area contributed by atoms with E-state index >= 15 is 0 Å². The van der Waals surface area contributed by atoms with E-state index in [9.17, 15) is 19.2 Å². The lowest BCUT2D eigenvalue weighted by atomic mass is 9.98. The van der Waals surface area contributed by atoms with Crippen LogP contribution in [0, 0.1) is 6.92 Å². The van der Waals surface area contributed by atoms with Crippen LogP contribution >= 0.6 is 0 Å². The van der Waals surface area contributed by atoms with Gasteiger partial charge < -0.3 is 10.4 Å². The number of carboxylic acids is 1. The Hall–Kier alpha value is -2.97. The van der Waals surface area contributed by atoms with Crippen molar-refractivity contribution in [2.24, 2.45) is 14.1 Å². The monoisotopic (exact) mass is 362 g/mol. The summed E-state index contributed by atoms with van der Waals surface area (Å²) < 4.78 is 2.21. The number of nitrogens with one attached hydrogen (secondary N) is 1. The molecule has 0 spiro atoms. The van der Waals surface area contributed by atoms with E-state index in [0.717, 1.165) is 4.57 Å². The van der Waals surface area contributed by atoms with Crippen LogP contribution in [0.5, 0.6) is 0 Å². The van der Waals surface area contributed by atoms with Crippen molar-refractivity contribution in [1.29, 1.82) is 0 Å². The Kier molecular flexibility index (Phi) is 5.02. The average molecular weight is 362 g/mol. The molecule has 0 radical (unpaired) electrons. The van der Waals surface area contributed by atoms with E-state index in [1.807, 2.05) is 0 Å². The second-order valence-corrected chi connectivity index (χ2v) is 6.96. The van der Waals surface area contributed by atoms with Crippen molar-refractivity contribution < 1.29 is 14.7 Å². The molecule has 0 aliphatic heterocycles. The zero-order chi connectivity index (χ0) is 19.8. The number of nitrogens with zero attached hydrogens (tertiary/aromatic N) is 3. The highest BCUT2D eigenvalue weighted by Crippen LogP contribution is 2.15. The molecule has 0 aromatic carbocycles. The summed E-state index contributed by atoms with van der Waals surface area (Å²) in [6, 6.07) is 1.48. The fourth-order valence-electron chi connectivity index (χ4n) is 2.70. The third-order valence-corrected chi connectivity index (χ3v) is 4.26. The Morgan fingerprint density at radius 2 is 1.85 bits per heavy atom. The minimum atomic E-state index is -0.946. The van der Waals surface area contributed by atoms with Crippen LogP contribution in [-0.4, -0.2) is 36.6 Å². The molecule has 2 aromatic heterocycles. The number of hydrogen-bond acceptors (Lipinski definition) is 5. The predicted molar refractivity (Wildman–Crippen MR) is 95.4 cm³/mol. The predicted octanol–water partition coefficient (Wildman–Crippen LogP) is 0.314. The summed E-state index contributed by atoms with van der Waals surface area (Å²) in [7, 11) is 2.87. The van der Waals surface area contributed by atoms with Gasteiger partial charge in [0.05, 0.1) is 5.39 Å². The third-order valence-electron chi connectivity index (χ3n) is 4.26. The Morgan fingerprint density at radius 1 is 1.23 bits per heavy atom. The molecule has 0 fully saturated rings. The summed E-state index contributed by atoms with van der Waals surface area (Å²) in [5, 5.41) is 11.8. The highest BCUT2D eigenvalue weighted by Gasteiger charge is 2.24. The van der Waals surface area contributed by atoms with Crippen molar-refractivity contribution in [3.8, 4) is 0 Å². The molecule has 0 aliphatic rings. The van der Waals surface area contributed by atoms with Crippen molar-refractivity contribution in [2.75, 3.05) is 0 Å². The molecule has 0 unspecified atom stereocenters. The molecule has 0 saturated heterocycles. The van der Waals surface area contributed by atoms with Gasteiger partial charge in [0.15, 0.2) is 0 Å². The lowest BCUT2D eigenvalue weighted by molar-refractivity contribution is -0.137. The summed E-state index contributed by atoms with van der Waals surface area (Å²) in [5.74, 6) is -1.45. The van der Waals surface area contributed by atoms with E-state index < -0.39 is 28.7 Å². The molecule has 2 rings (SSSR count). The van der Waals surface area contributed by atoms with Crippen molar-refractivity contribution in [3.05, 3.63) is 38.2 Å². The molecule has 140 valence electrons. The number of carboxylic acid groups (broad SMARTS) is 1. The molecule has 2 heterocycles. The van der Waals surface area contributed by atoms with Gasteiger partial charge in [0.25, 0.3) is 11.5 Å². The molecule has 9 nitrogen and oxygen atoms in total. The summed E-state index contributed by atoms with van der Waals surface area (Å²) >= 11 is 0. The first-order chi connectivity index (χ1) is 11.9. The van der Waals surface area contributed by atoms with Crippen LogP contribution in [0.15, 0.2) is 15.7 Å². The summed E-state index contributed by atoms with van der Waals surface area (Å²) in [6.07, 6.45) is 0.168. The van der Waals surface area contributed by atoms with Gasteiger partial charge in [0.2, 0.25) is 0 Å². The number of pyridine rings is 1. The summed E-state index contributed by atoms with van der Waals surface area (Å²) in [6.45, 7) is 5.10. The Labute approximate surface area is 149 Å². The topological polar surface area (TPSA) is 123 Å². The fraction of sp³-hybridized carbons (Fsp3) is 0.471. The number of rotatable bonds is 5. The number of carbonyl (C=O) groups is 2. The van der Waals surface area contributed by atoms with Crippen molar-refractivity contribution >= 4 is 22.9 Å². The van der Waals surface area contributed by atoms with Gasteiger partial charge in [0, 0.05) is 26.1 Å². The SMILES string of the molecule is Cc1cc(C(=O)NC(C)(C)CCC(=O)O)nc2c1c(=O)n(C)c(=O)n2C. The van der Waals surface area contributed by atoms with Crippen LogP contribution in [0.4, 0.5) is 0 Å². The maximum atomic E-state index is 12.6. The maximum absolute atomic E-state index is 12.6. The lowest BCUT2D eigenvalue weighted by Crippen LogP contribution is -2.44. The van der Waals surface area contributed by atoms with Gasteiger partial charge in [0.1, 0.15) is 11.3 Å². The van der Waals surface area contributed by atoms with Crippen LogP contribution in [0.25, 0.3) is 11.0 Å². The largest absolute Gasteiger partial charge is 0.481 e. The minimum absolute atomic E-state index is 0.0571. The van der Waals surface area contributed by atoms with Crippen LogP contribution < -0.4 is 16.6 Å². The molecule has 0 atom stereocenters. The second-order valence-electron chi connectivity index (χ2n) is 6.96. The highest BCUT2D eigenvalue weighted by atomic mass is 16.4. The van der Waals surface area contributed by atoms with E-state index in [0.29, 0.717) is 5.56 Å². The van der Waals surface area contributed by atoms with Crippen molar-refractivity contribution in [2.45, 2.75) is 39.2 Å². The molecule has 0 bridgehead atoms. The quantitative estimate of drug-likeness (QED) is 0.789. The smallest absolute Gasteiger partial charge is 0.332 e. The number of aliphatic carboxylic acids is 1. The zero-order valence-corrected chi connectivity index (χ0v) is 15.4. The van der Waals surface area contributed by atoms with E-state index in [-0.39, 0.29) is 29.6 Å². The standard InChI is InChI=1S/C17H22N4O5/c1-9-8-10(14(24)19-17(2,3)7-6-11(22)23)18-13-12(9)15(25)21(5)16(26)20(13)4/h8H,6-7H2,1-5H3,(H,19,24)(H,22,23). The van der Waals surface area contributed by atoms with Gasteiger partial charge in [-0.05, 0) is 38.8 Å². The van der Waals surface area contributed by atoms with Crippen LogP contribution in [0.2, 0.25) is 0 Å². The Balaban J connectivity index is 2.48.